The third kappa shape index (κ3) is 7.47. The molecule has 6 nitrogen and oxygen atoms in total. The second-order valence-corrected chi connectivity index (χ2v) is 7.80. The third-order valence-corrected chi connectivity index (χ3v) is 5.27. The van der Waals surface area contributed by atoms with E-state index in [0.29, 0.717) is 22.9 Å². The minimum absolute atomic E-state index is 0.0260. The number of carbonyl (C=O) groups is 2. The normalized spacial score (nSPS) is 12.5. The molecule has 0 bridgehead atoms. The average molecular weight is 447 g/mol. The number of rotatable bonds is 11. The highest BCUT2D eigenvalue weighted by molar-refractivity contribution is 6.30. The lowest BCUT2D eigenvalue weighted by Crippen LogP contribution is -2.51. The molecular formula is C24H31ClN2O4. The SMILES string of the molecule is CCC(C)NC(=O)C(CC)N(Cc1cccc(OC)c1)C(=O)COc1cccc(Cl)c1. The molecule has 0 aliphatic rings. The van der Waals surface area contributed by atoms with Gasteiger partial charge < -0.3 is 19.7 Å². The number of halogens is 1. The molecule has 2 rings (SSSR count). The van der Waals surface area contributed by atoms with Crippen molar-refractivity contribution in [2.45, 2.75) is 52.2 Å². The fourth-order valence-electron chi connectivity index (χ4n) is 3.11. The Hall–Kier alpha value is -2.73. The summed E-state index contributed by atoms with van der Waals surface area (Å²) in [5, 5.41) is 3.52. The Balaban J connectivity index is 2.23. The van der Waals surface area contributed by atoms with Crippen molar-refractivity contribution in [3.05, 3.63) is 59.1 Å². The molecule has 7 heteroatoms. The molecule has 1 N–H and O–H groups in total. The van der Waals surface area contributed by atoms with E-state index < -0.39 is 6.04 Å². The molecule has 2 aromatic rings. The van der Waals surface area contributed by atoms with E-state index in [9.17, 15) is 9.59 Å². The highest BCUT2D eigenvalue weighted by Gasteiger charge is 2.29. The van der Waals surface area contributed by atoms with E-state index in [1.807, 2.05) is 45.0 Å². The van der Waals surface area contributed by atoms with Gasteiger partial charge in [-0.3, -0.25) is 9.59 Å². The maximum absolute atomic E-state index is 13.2. The van der Waals surface area contributed by atoms with Crippen LogP contribution in [0.1, 0.15) is 39.2 Å². The summed E-state index contributed by atoms with van der Waals surface area (Å²) in [5.41, 5.74) is 0.866. The number of nitrogens with one attached hydrogen (secondary N) is 1. The van der Waals surface area contributed by atoms with Crippen LogP contribution in [0.15, 0.2) is 48.5 Å². The van der Waals surface area contributed by atoms with Gasteiger partial charge in [-0.2, -0.15) is 0 Å². The summed E-state index contributed by atoms with van der Waals surface area (Å²) < 4.78 is 11.0. The summed E-state index contributed by atoms with van der Waals surface area (Å²) in [5.74, 6) is 0.737. The van der Waals surface area contributed by atoms with Gasteiger partial charge in [0.2, 0.25) is 5.91 Å². The number of amides is 2. The number of methoxy groups -OCH3 is 1. The van der Waals surface area contributed by atoms with Crippen molar-refractivity contribution >= 4 is 23.4 Å². The molecule has 31 heavy (non-hydrogen) atoms. The zero-order chi connectivity index (χ0) is 22.8. The van der Waals surface area contributed by atoms with Crippen molar-refractivity contribution in [1.82, 2.24) is 10.2 Å². The minimum atomic E-state index is -0.615. The smallest absolute Gasteiger partial charge is 0.261 e. The van der Waals surface area contributed by atoms with Crippen LogP contribution in [0.5, 0.6) is 11.5 Å². The predicted molar refractivity (Wildman–Crippen MR) is 122 cm³/mol. The van der Waals surface area contributed by atoms with Crippen LogP contribution in [0.25, 0.3) is 0 Å². The van der Waals surface area contributed by atoms with Crippen molar-refractivity contribution in [2.75, 3.05) is 13.7 Å². The van der Waals surface area contributed by atoms with E-state index in [0.717, 1.165) is 12.0 Å². The molecule has 0 spiro atoms. The summed E-state index contributed by atoms with van der Waals surface area (Å²) in [7, 11) is 1.59. The summed E-state index contributed by atoms with van der Waals surface area (Å²) in [6.45, 7) is 5.91. The Kier molecular flexibility index (Phi) is 9.66. The number of hydrogen-bond donors (Lipinski definition) is 1. The number of benzene rings is 2. The highest BCUT2D eigenvalue weighted by Crippen LogP contribution is 2.20. The van der Waals surface area contributed by atoms with E-state index in [-0.39, 0.29) is 31.0 Å². The van der Waals surface area contributed by atoms with Crippen LogP contribution in [-0.2, 0) is 16.1 Å². The molecule has 0 fully saturated rings. The summed E-state index contributed by atoms with van der Waals surface area (Å²) in [4.78, 5) is 27.7. The lowest BCUT2D eigenvalue weighted by Gasteiger charge is -2.31. The van der Waals surface area contributed by atoms with Gasteiger partial charge in [-0.1, -0.05) is 43.6 Å². The summed E-state index contributed by atoms with van der Waals surface area (Å²) >= 11 is 6.00. The zero-order valence-electron chi connectivity index (χ0n) is 18.6. The second kappa shape index (κ2) is 12.2. The molecule has 0 heterocycles. The highest BCUT2D eigenvalue weighted by atomic mass is 35.5. The molecule has 0 radical (unpaired) electrons. The Bertz CT molecular complexity index is 874. The topological polar surface area (TPSA) is 67.9 Å². The average Bonchev–Trinajstić information content (AvgIpc) is 2.77. The van der Waals surface area contributed by atoms with Gasteiger partial charge in [-0.25, -0.2) is 0 Å². The zero-order valence-corrected chi connectivity index (χ0v) is 19.3. The molecule has 0 aromatic heterocycles. The fourth-order valence-corrected chi connectivity index (χ4v) is 3.29. The van der Waals surface area contributed by atoms with Crippen molar-refractivity contribution in [3.8, 4) is 11.5 Å². The minimum Gasteiger partial charge on any atom is -0.497 e. The van der Waals surface area contributed by atoms with E-state index in [1.165, 1.54) is 0 Å². The molecule has 168 valence electrons. The number of ether oxygens (including phenoxy) is 2. The molecule has 0 saturated heterocycles. The molecule has 2 aromatic carbocycles. The van der Waals surface area contributed by atoms with Gasteiger partial charge in [0.25, 0.3) is 5.91 Å². The van der Waals surface area contributed by atoms with Crippen molar-refractivity contribution in [1.29, 1.82) is 0 Å². The van der Waals surface area contributed by atoms with Gasteiger partial charge in [0.1, 0.15) is 17.5 Å². The maximum Gasteiger partial charge on any atom is 0.261 e. The van der Waals surface area contributed by atoms with Gasteiger partial charge in [0.15, 0.2) is 6.61 Å². The van der Waals surface area contributed by atoms with Crippen LogP contribution in [0.2, 0.25) is 5.02 Å². The molecule has 0 aliphatic carbocycles. The Labute approximate surface area is 189 Å². The van der Waals surface area contributed by atoms with Crippen molar-refractivity contribution < 1.29 is 19.1 Å². The van der Waals surface area contributed by atoms with Gasteiger partial charge in [0, 0.05) is 17.6 Å². The maximum atomic E-state index is 13.2. The van der Waals surface area contributed by atoms with E-state index in [1.54, 1.807) is 36.3 Å². The third-order valence-electron chi connectivity index (χ3n) is 5.03. The van der Waals surface area contributed by atoms with Crippen molar-refractivity contribution in [2.24, 2.45) is 0 Å². The summed E-state index contributed by atoms with van der Waals surface area (Å²) in [6.07, 6.45) is 1.29. The van der Waals surface area contributed by atoms with Crippen LogP contribution < -0.4 is 14.8 Å². The molecule has 2 atom stereocenters. The molecule has 0 aliphatic heterocycles. The molecule has 0 saturated carbocycles. The monoisotopic (exact) mass is 446 g/mol. The molecular weight excluding hydrogens is 416 g/mol. The van der Waals surface area contributed by atoms with Gasteiger partial charge >= 0.3 is 0 Å². The van der Waals surface area contributed by atoms with Crippen molar-refractivity contribution in [3.63, 3.8) is 0 Å². The Morgan fingerprint density at radius 1 is 1.06 bits per heavy atom. The number of nitrogens with zero attached hydrogens (tertiary/aromatic N) is 1. The first-order valence-corrected chi connectivity index (χ1v) is 10.9. The lowest BCUT2D eigenvalue weighted by molar-refractivity contribution is -0.143. The van der Waals surface area contributed by atoms with Gasteiger partial charge in [-0.05, 0) is 55.7 Å². The van der Waals surface area contributed by atoms with E-state index >= 15 is 0 Å². The number of carbonyl (C=O) groups excluding carboxylic acids is 2. The molecule has 2 amide bonds. The first-order valence-electron chi connectivity index (χ1n) is 10.5. The second-order valence-electron chi connectivity index (χ2n) is 7.36. The predicted octanol–water partition coefficient (Wildman–Crippen LogP) is 4.45. The first-order chi connectivity index (χ1) is 14.9. The molecule has 2 unspecified atom stereocenters. The van der Waals surface area contributed by atoms with Crippen LogP contribution in [0.3, 0.4) is 0 Å². The lowest BCUT2D eigenvalue weighted by atomic mass is 10.1. The van der Waals surface area contributed by atoms with Crippen LogP contribution in [-0.4, -0.2) is 42.5 Å². The number of hydrogen-bond acceptors (Lipinski definition) is 4. The summed E-state index contributed by atoms with van der Waals surface area (Å²) in [6, 6.07) is 13.7. The largest absolute Gasteiger partial charge is 0.497 e. The van der Waals surface area contributed by atoms with E-state index in [4.69, 9.17) is 21.1 Å². The van der Waals surface area contributed by atoms with E-state index in [2.05, 4.69) is 5.32 Å². The quantitative estimate of drug-likeness (QED) is 0.553. The van der Waals surface area contributed by atoms with Crippen LogP contribution in [0, 0.1) is 0 Å². The Morgan fingerprint density at radius 3 is 2.42 bits per heavy atom. The van der Waals surface area contributed by atoms with Crippen LogP contribution in [0.4, 0.5) is 0 Å². The van der Waals surface area contributed by atoms with Crippen LogP contribution >= 0.6 is 11.6 Å². The standard InChI is InChI=1S/C24H31ClN2O4/c1-5-17(3)26-24(29)22(6-2)27(15-18-9-7-11-20(13-18)30-4)23(28)16-31-21-12-8-10-19(25)14-21/h7-14,17,22H,5-6,15-16H2,1-4H3,(H,26,29). The first kappa shape index (κ1) is 24.5. The van der Waals surface area contributed by atoms with Gasteiger partial charge in [-0.15, -0.1) is 0 Å². The fraction of sp³-hybridized carbons (Fsp3) is 0.417. The Morgan fingerprint density at radius 2 is 1.77 bits per heavy atom. The van der Waals surface area contributed by atoms with Gasteiger partial charge in [0.05, 0.1) is 7.11 Å².